The molecule has 0 radical (unpaired) electrons. The summed E-state index contributed by atoms with van der Waals surface area (Å²) in [5, 5.41) is 3.97. The van der Waals surface area contributed by atoms with Crippen molar-refractivity contribution in [2.45, 2.75) is 11.4 Å². The smallest absolute Gasteiger partial charge is 0.180 e. The third-order valence-corrected chi connectivity index (χ3v) is 4.59. The highest BCUT2D eigenvalue weighted by atomic mass is 32.2. The first kappa shape index (κ1) is 13.7. The number of hydrogen-bond acceptors (Lipinski definition) is 4. The largest absolute Gasteiger partial charge is 0.389 e. The molecule has 2 aromatic rings. The van der Waals surface area contributed by atoms with E-state index in [4.69, 9.17) is 18.0 Å². The van der Waals surface area contributed by atoms with Gasteiger partial charge in [-0.25, -0.2) is 8.42 Å². The van der Waals surface area contributed by atoms with Crippen LogP contribution >= 0.6 is 12.2 Å². The predicted octanol–water partition coefficient (Wildman–Crippen LogP) is 0.991. The summed E-state index contributed by atoms with van der Waals surface area (Å²) in [6.07, 6.45) is 3.34. The summed E-state index contributed by atoms with van der Waals surface area (Å²) in [4.78, 5) is 0.514. The number of thiocarbonyl (C=S) groups is 1. The van der Waals surface area contributed by atoms with Crippen molar-refractivity contribution in [3.05, 3.63) is 48.3 Å². The Kier molecular flexibility index (Phi) is 3.96. The Hall–Kier alpha value is -1.73. The van der Waals surface area contributed by atoms with Gasteiger partial charge in [0.05, 0.1) is 17.2 Å². The maximum absolute atomic E-state index is 12.1. The molecule has 0 fully saturated rings. The maximum Gasteiger partial charge on any atom is 0.180 e. The van der Waals surface area contributed by atoms with Crippen LogP contribution in [0.5, 0.6) is 0 Å². The van der Waals surface area contributed by atoms with Crippen LogP contribution in [-0.4, -0.2) is 28.9 Å². The van der Waals surface area contributed by atoms with Gasteiger partial charge in [-0.1, -0.05) is 24.4 Å². The average Bonchev–Trinajstić information content (AvgIpc) is 2.90. The quantitative estimate of drug-likeness (QED) is 0.832. The first-order valence-corrected chi connectivity index (χ1v) is 7.65. The van der Waals surface area contributed by atoms with Crippen LogP contribution in [0, 0.1) is 0 Å². The molecular formula is C12H13N3O2S2. The number of nitrogens with two attached hydrogens (primary N) is 1. The van der Waals surface area contributed by atoms with Gasteiger partial charge in [-0.15, -0.1) is 0 Å². The normalized spacial score (nSPS) is 11.4. The van der Waals surface area contributed by atoms with Gasteiger partial charge in [0.2, 0.25) is 0 Å². The fraction of sp³-hybridized carbons (Fsp3) is 0.167. The van der Waals surface area contributed by atoms with E-state index in [-0.39, 0.29) is 15.6 Å². The summed E-state index contributed by atoms with van der Waals surface area (Å²) in [7, 11) is -3.32. The second-order valence-electron chi connectivity index (χ2n) is 3.98. The monoisotopic (exact) mass is 295 g/mol. The van der Waals surface area contributed by atoms with Gasteiger partial charge >= 0.3 is 0 Å². The van der Waals surface area contributed by atoms with Crippen molar-refractivity contribution < 1.29 is 8.42 Å². The molecule has 1 aromatic carbocycles. The van der Waals surface area contributed by atoms with Gasteiger partial charge in [-0.2, -0.15) is 5.10 Å². The van der Waals surface area contributed by atoms with E-state index in [1.165, 1.54) is 12.1 Å². The van der Waals surface area contributed by atoms with Crippen molar-refractivity contribution in [3.8, 4) is 0 Å². The lowest BCUT2D eigenvalue weighted by molar-refractivity contribution is 0.580. The Bertz CT molecular complexity index is 662. The standard InChI is InChI=1S/C12H13N3O2S2/c13-12(18)10-2-4-11(5-3-10)19(16,17)9-8-15-7-1-6-14-15/h1-7H,8-9H2,(H2,13,18). The van der Waals surface area contributed by atoms with Crippen molar-refractivity contribution in [2.24, 2.45) is 5.73 Å². The van der Waals surface area contributed by atoms with Gasteiger partial charge in [0.1, 0.15) is 4.99 Å². The minimum atomic E-state index is -3.32. The van der Waals surface area contributed by atoms with Crippen molar-refractivity contribution in [1.29, 1.82) is 0 Å². The number of hydrogen-bond donors (Lipinski definition) is 1. The molecule has 2 rings (SSSR count). The highest BCUT2D eigenvalue weighted by Gasteiger charge is 2.14. The summed E-state index contributed by atoms with van der Waals surface area (Å²) in [6.45, 7) is 0.326. The molecular weight excluding hydrogens is 282 g/mol. The molecule has 0 bridgehead atoms. The van der Waals surface area contributed by atoms with Crippen molar-refractivity contribution in [1.82, 2.24) is 9.78 Å². The van der Waals surface area contributed by atoms with E-state index in [1.807, 2.05) is 0 Å². The molecule has 0 aliphatic carbocycles. The molecule has 2 N–H and O–H groups in total. The minimum Gasteiger partial charge on any atom is -0.389 e. The molecule has 7 heteroatoms. The Labute approximate surface area is 117 Å². The van der Waals surface area contributed by atoms with Crippen molar-refractivity contribution in [2.75, 3.05) is 5.75 Å². The van der Waals surface area contributed by atoms with Crippen LogP contribution in [0.15, 0.2) is 47.6 Å². The van der Waals surface area contributed by atoms with Crippen LogP contribution in [-0.2, 0) is 16.4 Å². The number of rotatable bonds is 5. The van der Waals surface area contributed by atoms with Crippen LogP contribution in [0.1, 0.15) is 5.56 Å². The molecule has 0 saturated carbocycles. The Morgan fingerprint density at radius 1 is 1.32 bits per heavy atom. The summed E-state index contributed by atoms with van der Waals surface area (Å²) in [5.74, 6) is 0.00109. The van der Waals surface area contributed by atoms with Crippen LogP contribution in [0.3, 0.4) is 0 Å². The lowest BCUT2D eigenvalue weighted by Crippen LogP contribution is -2.14. The van der Waals surface area contributed by atoms with Crippen LogP contribution in [0.4, 0.5) is 0 Å². The van der Waals surface area contributed by atoms with E-state index in [0.29, 0.717) is 12.1 Å². The SMILES string of the molecule is NC(=S)c1ccc(S(=O)(=O)CCn2cccn2)cc1. The molecule has 5 nitrogen and oxygen atoms in total. The molecule has 1 aromatic heterocycles. The number of sulfone groups is 1. The molecule has 100 valence electrons. The molecule has 19 heavy (non-hydrogen) atoms. The number of aromatic nitrogens is 2. The Balaban J connectivity index is 2.13. The second-order valence-corrected chi connectivity index (χ2v) is 6.53. The van der Waals surface area contributed by atoms with Crippen LogP contribution in [0.2, 0.25) is 0 Å². The Morgan fingerprint density at radius 2 is 2.00 bits per heavy atom. The molecule has 0 aliphatic heterocycles. The highest BCUT2D eigenvalue weighted by molar-refractivity contribution is 7.91. The van der Waals surface area contributed by atoms with Gasteiger partial charge in [-0.05, 0) is 18.2 Å². The molecule has 0 atom stereocenters. The second kappa shape index (κ2) is 5.50. The van der Waals surface area contributed by atoms with E-state index >= 15 is 0 Å². The minimum absolute atomic E-state index is 0.00109. The van der Waals surface area contributed by atoms with E-state index in [2.05, 4.69) is 5.10 Å². The molecule has 0 spiro atoms. The molecule has 0 aliphatic rings. The van der Waals surface area contributed by atoms with Gasteiger partial charge < -0.3 is 5.73 Å². The number of benzene rings is 1. The van der Waals surface area contributed by atoms with E-state index in [9.17, 15) is 8.42 Å². The fourth-order valence-corrected chi connectivity index (χ4v) is 2.94. The average molecular weight is 295 g/mol. The van der Waals surface area contributed by atoms with Gasteiger partial charge in [-0.3, -0.25) is 4.68 Å². The van der Waals surface area contributed by atoms with Gasteiger partial charge in [0.25, 0.3) is 0 Å². The fourth-order valence-electron chi connectivity index (χ4n) is 1.59. The molecule has 1 heterocycles. The summed E-state index contributed by atoms with van der Waals surface area (Å²) < 4.78 is 25.8. The zero-order chi connectivity index (χ0) is 13.9. The van der Waals surface area contributed by atoms with Crippen LogP contribution < -0.4 is 5.73 Å². The molecule has 0 saturated heterocycles. The summed E-state index contributed by atoms with van der Waals surface area (Å²) in [5.41, 5.74) is 6.12. The highest BCUT2D eigenvalue weighted by Crippen LogP contribution is 2.13. The predicted molar refractivity (Wildman–Crippen MR) is 76.6 cm³/mol. The number of aryl methyl sites for hydroxylation is 1. The third kappa shape index (κ3) is 3.39. The molecule has 0 unspecified atom stereocenters. The third-order valence-electron chi connectivity index (χ3n) is 2.65. The van der Waals surface area contributed by atoms with Gasteiger partial charge in [0, 0.05) is 18.0 Å². The van der Waals surface area contributed by atoms with E-state index < -0.39 is 9.84 Å². The maximum atomic E-state index is 12.1. The van der Waals surface area contributed by atoms with Gasteiger partial charge in [0.15, 0.2) is 9.84 Å². The summed E-state index contributed by atoms with van der Waals surface area (Å²) >= 11 is 4.82. The van der Waals surface area contributed by atoms with Crippen molar-refractivity contribution >= 4 is 27.0 Å². The van der Waals surface area contributed by atoms with E-state index in [0.717, 1.165) is 0 Å². The zero-order valence-corrected chi connectivity index (χ0v) is 11.7. The topological polar surface area (TPSA) is 78.0 Å². The zero-order valence-electron chi connectivity index (χ0n) is 10.1. The summed E-state index contributed by atoms with van der Waals surface area (Å²) in [6, 6.07) is 8.02. The van der Waals surface area contributed by atoms with Crippen LogP contribution in [0.25, 0.3) is 0 Å². The lowest BCUT2D eigenvalue weighted by atomic mass is 10.2. The van der Waals surface area contributed by atoms with Crippen molar-refractivity contribution in [3.63, 3.8) is 0 Å². The first-order valence-electron chi connectivity index (χ1n) is 5.59. The van der Waals surface area contributed by atoms with E-state index in [1.54, 1.807) is 35.3 Å². The lowest BCUT2D eigenvalue weighted by Gasteiger charge is -2.06. The Morgan fingerprint density at radius 3 is 2.53 bits per heavy atom. The first-order chi connectivity index (χ1) is 8.99. The molecule has 0 amide bonds. The number of nitrogens with zero attached hydrogens (tertiary/aromatic N) is 2.